The van der Waals surface area contributed by atoms with Crippen molar-refractivity contribution in [1.82, 2.24) is 82.3 Å². The Morgan fingerprint density at radius 3 is 1.26 bits per heavy atom. The molecule has 30 nitrogen and oxygen atoms in total. The number of hydrogen-bond acceptors (Lipinski definition) is 20. The maximum absolute atomic E-state index is 15.2. The molecule has 0 spiro atoms. The van der Waals surface area contributed by atoms with E-state index < -0.39 is 144 Å². The highest BCUT2D eigenvalue weighted by Crippen LogP contribution is 2.34. The topological polar surface area (TPSA) is 394 Å². The van der Waals surface area contributed by atoms with Crippen molar-refractivity contribution in [3.05, 3.63) is 154 Å². The highest BCUT2D eigenvalue weighted by Gasteiger charge is 2.47. The monoisotopic (exact) mass is 1490 g/mol. The molecule has 2 saturated heterocycles. The predicted octanol–water partition coefficient (Wildman–Crippen LogP) is 3.63. The van der Waals surface area contributed by atoms with Gasteiger partial charge in [-0.1, -0.05) is 98.8 Å². The van der Waals surface area contributed by atoms with Gasteiger partial charge in [-0.3, -0.25) is 38.4 Å². The molecule has 0 radical (unpaired) electrons. The van der Waals surface area contributed by atoms with Gasteiger partial charge in [-0.2, -0.15) is 0 Å². The summed E-state index contributed by atoms with van der Waals surface area (Å²) >= 11 is 2.87. The Hall–Kier alpha value is -10.7. The van der Waals surface area contributed by atoms with Crippen LogP contribution >= 0.6 is 22.7 Å². The molecule has 14 rings (SSSR count). The zero-order chi connectivity index (χ0) is 75.6. The Kier molecular flexibility index (Phi) is 24.5. The molecule has 8 aromatic rings. The van der Waals surface area contributed by atoms with Crippen molar-refractivity contribution in [3.8, 4) is 11.5 Å². The zero-order valence-corrected chi connectivity index (χ0v) is 61.5. The average molecular weight is 1490 g/mol. The largest absolute Gasteiger partial charge is 0.487 e. The van der Waals surface area contributed by atoms with Gasteiger partial charge in [0.05, 0.1) is 36.6 Å². The highest BCUT2D eigenvalue weighted by atomic mass is 32.1. The summed E-state index contributed by atoms with van der Waals surface area (Å²) in [6, 6.07) is 15.0. The summed E-state index contributed by atoms with van der Waals surface area (Å²) in [5, 5.41) is 67.1. The number of carboxylic acid groups (broad SMARTS) is 2. The van der Waals surface area contributed by atoms with Crippen LogP contribution < -0.4 is 52.0 Å². The molecule has 4 aromatic heterocycles. The van der Waals surface area contributed by atoms with Crippen LogP contribution in [0.15, 0.2) is 120 Å². The van der Waals surface area contributed by atoms with E-state index in [1.54, 1.807) is 117 Å². The van der Waals surface area contributed by atoms with E-state index in [0.717, 1.165) is 20.2 Å². The highest BCUT2D eigenvalue weighted by molar-refractivity contribution is 7.17. The van der Waals surface area contributed by atoms with Crippen LogP contribution in [0.1, 0.15) is 100 Å². The lowest BCUT2D eigenvalue weighted by Crippen LogP contribution is -2.59. The molecule has 32 heteroatoms. The second kappa shape index (κ2) is 34.0. The number of carbonyl (C=O) groups is 10. The second-order valence-electron chi connectivity index (χ2n) is 27.8. The molecule has 8 amide bonds. The molecular formula is C74H88N16O14S2. The van der Waals surface area contributed by atoms with Gasteiger partial charge in [-0.05, 0) is 120 Å². The molecule has 4 aromatic carbocycles. The Morgan fingerprint density at radius 1 is 0.528 bits per heavy atom. The van der Waals surface area contributed by atoms with Gasteiger partial charge in [0.2, 0.25) is 47.3 Å². The summed E-state index contributed by atoms with van der Waals surface area (Å²) in [4.78, 5) is 146. The predicted molar refractivity (Wildman–Crippen MR) is 392 cm³/mol. The van der Waals surface area contributed by atoms with E-state index in [-0.39, 0.29) is 64.8 Å². The molecule has 12 atom stereocenters. The molecule has 0 aliphatic carbocycles. The summed E-state index contributed by atoms with van der Waals surface area (Å²) in [6.45, 7) is 9.96. The molecule has 6 aliphatic rings. The number of thiophene rings is 2. The minimum Gasteiger partial charge on any atom is -0.487 e. The van der Waals surface area contributed by atoms with Gasteiger partial charge in [0, 0.05) is 61.0 Å². The van der Waals surface area contributed by atoms with E-state index in [2.05, 4.69) is 63.2 Å². The Balaban J connectivity index is 0.911. The number of amides is 8. The molecule has 10 heterocycles. The quantitative estimate of drug-likeness (QED) is 0.0660. The fraction of sp³-hybridized carbons (Fsp3) is 0.432. The lowest BCUT2D eigenvalue weighted by Gasteiger charge is -2.31. The van der Waals surface area contributed by atoms with Crippen LogP contribution in [0.4, 0.5) is 0 Å². The molecule has 560 valence electrons. The first kappa shape index (κ1) is 76.4. The van der Waals surface area contributed by atoms with Crippen molar-refractivity contribution in [2.24, 2.45) is 11.8 Å². The Morgan fingerprint density at radius 2 is 0.906 bits per heavy atom. The summed E-state index contributed by atoms with van der Waals surface area (Å²) in [5.41, 5.74) is 3.11. The van der Waals surface area contributed by atoms with E-state index in [9.17, 15) is 48.6 Å². The number of aliphatic carboxylic acids is 2. The maximum Gasteiger partial charge on any atom is 0.326 e. The zero-order valence-electron chi connectivity index (χ0n) is 59.9. The van der Waals surface area contributed by atoms with Crippen LogP contribution in [-0.2, 0) is 86.8 Å². The van der Waals surface area contributed by atoms with Crippen LogP contribution in [0.5, 0.6) is 11.5 Å². The van der Waals surface area contributed by atoms with Crippen LogP contribution in [0.2, 0.25) is 0 Å². The number of nitrogens with zero attached hydrogens (tertiary/aromatic N) is 8. The molecule has 10 N–H and O–H groups in total. The smallest absolute Gasteiger partial charge is 0.326 e. The third kappa shape index (κ3) is 18.1. The SMILES string of the molecule is CN[C@@H](C)C(=O)N[C@H](C(=O)N1C[C@@H]2C[C@H]1C(=O)N[C@@H](Cc1csc3ccccc13)C(=O)N[C@H](C(=O)O)Cc1ccc(cc1)OCc1cn(nn1)[C@H]1C[C@@H](C(=O)N[C@@H](Cc3csc4ccccc34)C(=O)N[C@H](C(=O)O)Cc3ccc(cc3)OCc3cn2nn3)N(C(=O)[C@@H](NC(=O)[C@H](C)NC)C(C)C)C1)C(C)C. The lowest BCUT2D eigenvalue weighted by atomic mass is 10.0. The van der Waals surface area contributed by atoms with Crippen LogP contribution in [0, 0.1) is 11.8 Å². The van der Waals surface area contributed by atoms with Crippen LogP contribution in [0.25, 0.3) is 20.2 Å². The molecule has 106 heavy (non-hydrogen) atoms. The van der Waals surface area contributed by atoms with Crippen molar-refractivity contribution in [3.63, 3.8) is 0 Å². The number of benzene rings is 4. The number of aromatic nitrogens is 6. The van der Waals surface area contributed by atoms with Gasteiger partial charge in [0.1, 0.15) is 84.4 Å². The standard InChI is InChI=1S/C74H88N16O14S2/c1-39(2)63(81-65(91)41(5)75-7)71(97)87-33-49-29-59(87)69(95)77-55(27-45-37-105-61-15-11-9-13-53(45)61)67(93)79-57(73(99)100)25-43-19-23-52(24-20-43)104-36-48-32-90(86-84-48)50-30-60(88(34-50)72(98)64(40(3)4)82-66(92)42(6)76-8)70(96)78-56(28-46-38-106-62-16-12-10-14-54(46)62)68(94)80-58(74(101)102)26-44-17-21-51(22-18-44)103-35-47-31-89(49)85-83-47/h9-24,31-32,37-42,49-50,55-60,63-64,75-76H,25-30,33-36H2,1-8H3,(H,77,95)(H,78,96)(H,79,93)(H,80,94)(H,81,91)(H,82,92)(H,99,100)(H,101,102)/t41-,42-,49-,50-,55-,56-,57-,58-,59-,60-,63-,64-/m0/s1. The fourth-order valence-corrected chi connectivity index (χ4v) is 15.2. The van der Waals surface area contributed by atoms with Crippen molar-refractivity contribution in [1.29, 1.82) is 0 Å². The first-order valence-corrected chi connectivity index (χ1v) is 37.0. The first-order chi connectivity index (χ1) is 50.8. The molecule has 0 unspecified atom stereocenters. The number of hydrogen-bond donors (Lipinski definition) is 10. The summed E-state index contributed by atoms with van der Waals surface area (Å²) < 4.78 is 17.2. The molecule has 0 saturated carbocycles. The minimum absolute atomic E-state index is 0.0262. The van der Waals surface area contributed by atoms with Gasteiger partial charge in [0.25, 0.3) is 0 Å². The molecule has 12 bridgehead atoms. The van der Waals surface area contributed by atoms with Gasteiger partial charge in [-0.25, -0.2) is 19.0 Å². The minimum atomic E-state index is -1.50. The first-order valence-electron chi connectivity index (χ1n) is 35.2. The van der Waals surface area contributed by atoms with Crippen molar-refractivity contribution < 1.29 is 67.6 Å². The second-order valence-corrected chi connectivity index (χ2v) is 29.6. The number of likely N-dealkylation sites (N-methyl/N-ethyl adjacent to an activating group) is 2. The number of fused-ring (bicyclic) bond motifs is 2. The Labute approximate surface area is 619 Å². The number of nitrogens with one attached hydrogen (secondary N) is 8. The summed E-state index contributed by atoms with van der Waals surface area (Å²) in [5.74, 6) is -7.99. The van der Waals surface area contributed by atoms with E-state index in [0.29, 0.717) is 45.1 Å². The molecule has 2 fully saturated rings. The van der Waals surface area contributed by atoms with Crippen molar-refractivity contribution >= 4 is 102 Å². The fourth-order valence-electron chi connectivity index (χ4n) is 13.3. The van der Waals surface area contributed by atoms with Gasteiger partial charge in [0.15, 0.2) is 0 Å². The number of rotatable bonds is 16. The number of carbonyl (C=O) groups excluding carboxylic acids is 8. The normalized spacial score (nSPS) is 21.9. The summed E-state index contributed by atoms with van der Waals surface area (Å²) in [7, 11) is 3.22. The van der Waals surface area contributed by atoms with E-state index >= 15 is 9.59 Å². The number of ether oxygens (including phenoxy) is 2. The van der Waals surface area contributed by atoms with Gasteiger partial charge < -0.3 is 72.0 Å². The van der Waals surface area contributed by atoms with E-state index in [1.807, 2.05) is 59.3 Å². The third-order valence-corrected chi connectivity index (χ3v) is 21.7. The van der Waals surface area contributed by atoms with E-state index in [4.69, 9.17) is 9.47 Å². The van der Waals surface area contributed by atoms with Crippen LogP contribution in [0.3, 0.4) is 0 Å². The van der Waals surface area contributed by atoms with Crippen molar-refractivity contribution in [2.45, 2.75) is 166 Å². The summed E-state index contributed by atoms with van der Waals surface area (Å²) in [6.07, 6.45) is 2.65. The van der Waals surface area contributed by atoms with Gasteiger partial charge >= 0.3 is 11.9 Å². The molecule has 6 aliphatic heterocycles. The average Bonchev–Trinajstić information content (AvgIpc) is 1.64. The van der Waals surface area contributed by atoms with Crippen LogP contribution in [-0.4, -0.2) is 197 Å². The maximum atomic E-state index is 15.2. The lowest BCUT2D eigenvalue weighted by molar-refractivity contribution is -0.144. The van der Waals surface area contributed by atoms with Crippen molar-refractivity contribution in [2.75, 3.05) is 27.2 Å². The van der Waals surface area contributed by atoms with Gasteiger partial charge in [-0.15, -0.1) is 32.9 Å². The number of carboxylic acids is 2. The van der Waals surface area contributed by atoms with E-state index in [1.165, 1.54) is 41.8 Å². The number of likely N-dealkylation sites (tertiary alicyclic amines) is 2. The third-order valence-electron chi connectivity index (χ3n) is 19.7. The Bertz CT molecular complexity index is 4240. The molecular weight excluding hydrogens is 1400 g/mol.